The lowest BCUT2D eigenvalue weighted by Gasteiger charge is -2.62. The van der Waals surface area contributed by atoms with Crippen LogP contribution in [0.15, 0.2) is 83.9 Å². The van der Waals surface area contributed by atoms with E-state index in [1.54, 1.807) is 15.9 Å². The van der Waals surface area contributed by atoms with E-state index in [-0.39, 0.29) is 11.8 Å². The van der Waals surface area contributed by atoms with E-state index in [2.05, 4.69) is 0 Å². The quantitative estimate of drug-likeness (QED) is 0.411. The number of fused-ring (bicyclic) bond motifs is 2. The smallest absolute Gasteiger partial charge is 0.241 e. The van der Waals surface area contributed by atoms with Gasteiger partial charge in [0.1, 0.15) is 5.41 Å². The Bertz CT molecular complexity index is 1430. The van der Waals surface area contributed by atoms with Crippen LogP contribution in [0.25, 0.3) is 0 Å². The molecule has 2 saturated heterocycles. The lowest BCUT2D eigenvalue weighted by Crippen LogP contribution is -2.78. The number of aliphatic imine (C=N–C) groups is 1. The minimum Gasteiger partial charge on any atom is -0.453 e. The first-order chi connectivity index (χ1) is 17.1. The fourth-order valence-electron chi connectivity index (χ4n) is 5.76. The molecule has 1 spiro atoms. The minimum absolute atomic E-state index is 0.0317. The summed E-state index contributed by atoms with van der Waals surface area (Å²) in [4.78, 5) is 35.1. The zero-order valence-electron chi connectivity index (χ0n) is 20.5. The molecule has 2 atom stereocenters. The van der Waals surface area contributed by atoms with Crippen molar-refractivity contribution in [1.82, 2.24) is 0 Å². The third-order valence-corrected chi connectivity index (χ3v) is 7.99. The zero-order chi connectivity index (χ0) is 25.5. The summed E-state index contributed by atoms with van der Waals surface area (Å²) in [5.41, 5.74) is 0.356. The summed E-state index contributed by atoms with van der Waals surface area (Å²) in [7, 11) is 0. The molecule has 7 heteroatoms. The zero-order valence-corrected chi connectivity index (χ0v) is 21.3. The molecule has 0 unspecified atom stereocenters. The summed E-state index contributed by atoms with van der Waals surface area (Å²) in [5.74, 6) is 0.317. The van der Waals surface area contributed by atoms with Crippen molar-refractivity contribution in [2.45, 2.75) is 39.5 Å². The van der Waals surface area contributed by atoms with Crippen molar-refractivity contribution in [3.63, 3.8) is 0 Å². The second-order valence-electron chi connectivity index (χ2n) is 10.6. The monoisotopic (exact) mass is 499 g/mol. The van der Waals surface area contributed by atoms with Gasteiger partial charge in [0.05, 0.1) is 11.1 Å². The largest absolute Gasteiger partial charge is 0.453 e. The Morgan fingerprint density at radius 1 is 0.833 bits per heavy atom. The number of β-lactam (4-membered cyclic amide) rings is 2. The molecular weight excluding hydrogens is 474 g/mol. The van der Waals surface area contributed by atoms with Crippen molar-refractivity contribution < 1.29 is 14.3 Å². The van der Waals surface area contributed by atoms with Crippen LogP contribution in [0.3, 0.4) is 0 Å². The van der Waals surface area contributed by atoms with Crippen LogP contribution in [0.4, 0.5) is 17.1 Å². The van der Waals surface area contributed by atoms with Gasteiger partial charge in [-0.15, -0.1) is 0 Å². The van der Waals surface area contributed by atoms with Crippen LogP contribution in [0, 0.1) is 10.8 Å². The van der Waals surface area contributed by atoms with E-state index < -0.39 is 22.6 Å². The fourth-order valence-corrected chi connectivity index (χ4v) is 5.93. The van der Waals surface area contributed by atoms with Gasteiger partial charge in [-0.05, 0) is 70.2 Å². The number of nitrogens with zero attached hydrogens (tertiary/aromatic N) is 3. The van der Waals surface area contributed by atoms with Gasteiger partial charge in [0.25, 0.3) is 0 Å². The maximum atomic E-state index is 13.6. The molecule has 36 heavy (non-hydrogen) atoms. The van der Waals surface area contributed by atoms with Crippen molar-refractivity contribution >= 4 is 46.4 Å². The van der Waals surface area contributed by atoms with Crippen molar-refractivity contribution in [3.05, 3.63) is 89.4 Å². The topological polar surface area (TPSA) is 62.2 Å². The number of para-hydroxylation sites is 2. The highest BCUT2D eigenvalue weighted by atomic mass is 35.5. The number of carbonyl (C=O) groups is 2. The molecule has 0 bridgehead atoms. The fraction of sp³-hybridized carbons (Fsp3) is 0.276. The van der Waals surface area contributed by atoms with Crippen molar-refractivity contribution in [1.29, 1.82) is 0 Å². The summed E-state index contributed by atoms with van der Waals surface area (Å²) < 4.78 is 6.73. The second kappa shape index (κ2) is 7.43. The van der Waals surface area contributed by atoms with Crippen LogP contribution in [0.1, 0.15) is 33.3 Å². The molecule has 3 aliphatic heterocycles. The van der Waals surface area contributed by atoms with Crippen LogP contribution in [-0.4, -0.2) is 23.9 Å². The molecule has 0 saturated carbocycles. The van der Waals surface area contributed by atoms with Crippen LogP contribution in [-0.2, 0) is 19.9 Å². The SMILES string of the molecule is CC1(C)C(=O)N(c2ccccc2)[C@@H]1OC1=Nc2ccc(Cl)cc2[C@]12N(c1ccccc1)C(=O)C2(C)C. The molecule has 0 radical (unpaired) electrons. The van der Waals surface area contributed by atoms with E-state index in [0.717, 1.165) is 16.9 Å². The summed E-state index contributed by atoms with van der Waals surface area (Å²) >= 11 is 6.47. The Labute approximate surface area is 215 Å². The molecule has 3 aromatic rings. The second-order valence-corrected chi connectivity index (χ2v) is 11.0. The highest BCUT2D eigenvalue weighted by molar-refractivity contribution is 6.31. The molecule has 182 valence electrons. The molecule has 0 aliphatic carbocycles. The maximum Gasteiger partial charge on any atom is 0.241 e. The molecule has 3 aliphatic rings. The van der Waals surface area contributed by atoms with Crippen molar-refractivity contribution in [2.24, 2.45) is 15.8 Å². The highest BCUT2D eigenvalue weighted by Gasteiger charge is 2.74. The van der Waals surface area contributed by atoms with E-state index in [4.69, 9.17) is 21.3 Å². The molecule has 6 nitrogen and oxygen atoms in total. The standard InChI is InChI=1S/C29H26ClN3O3/c1-27(2)24(34)32(19-11-7-5-8-12-19)26(27)36-23-29(21-17-18(30)15-16-22(21)31-23)28(3,4)25(35)33(29)20-13-9-6-10-14-20/h5-17,26H,1-4H3/t26-,29+/m1/s1. The number of rotatable bonds is 3. The van der Waals surface area contributed by atoms with Gasteiger partial charge in [0.15, 0.2) is 11.8 Å². The molecule has 3 heterocycles. The summed E-state index contributed by atoms with van der Waals surface area (Å²) in [6.07, 6.45) is -0.600. The highest BCUT2D eigenvalue weighted by Crippen LogP contribution is 2.63. The van der Waals surface area contributed by atoms with Gasteiger partial charge in [-0.2, -0.15) is 0 Å². The van der Waals surface area contributed by atoms with Crippen molar-refractivity contribution in [2.75, 3.05) is 9.80 Å². The molecule has 2 amide bonds. The molecular formula is C29H26ClN3O3. The first kappa shape index (κ1) is 22.8. The van der Waals surface area contributed by atoms with Crippen LogP contribution in [0.2, 0.25) is 5.02 Å². The normalized spacial score (nSPS) is 25.2. The predicted octanol–water partition coefficient (Wildman–Crippen LogP) is 6.07. The lowest BCUT2D eigenvalue weighted by molar-refractivity contribution is -0.151. The number of hydrogen-bond acceptors (Lipinski definition) is 4. The molecule has 0 N–H and O–H groups in total. The van der Waals surface area contributed by atoms with Crippen LogP contribution in [0.5, 0.6) is 0 Å². The van der Waals surface area contributed by atoms with Crippen LogP contribution >= 0.6 is 11.6 Å². The number of hydrogen-bond donors (Lipinski definition) is 0. The number of ether oxygens (including phenoxy) is 1. The number of anilines is 2. The van der Waals surface area contributed by atoms with E-state index >= 15 is 0 Å². The number of amides is 2. The summed E-state index contributed by atoms with van der Waals surface area (Å²) in [6, 6.07) is 24.5. The summed E-state index contributed by atoms with van der Waals surface area (Å²) in [6.45, 7) is 7.57. The predicted molar refractivity (Wildman–Crippen MR) is 141 cm³/mol. The molecule has 3 aromatic carbocycles. The Morgan fingerprint density at radius 2 is 1.44 bits per heavy atom. The molecule has 6 rings (SSSR count). The number of halogens is 1. The van der Waals surface area contributed by atoms with Gasteiger partial charge in [0.2, 0.25) is 17.7 Å². The Morgan fingerprint density at radius 3 is 2.08 bits per heavy atom. The van der Waals surface area contributed by atoms with E-state index in [9.17, 15) is 9.59 Å². The van der Waals surface area contributed by atoms with Gasteiger partial charge in [0, 0.05) is 22.0 Å². The first-order valence-electron chi connectivity index (χ1n) is 12.0. The van der Waals surface area contributed by atoms with E-state index in [0.29, 0.717) is 16.6 Å². The van der Waals surface area contributed by atoms with E-state index in [1.165, 1.54) is 0 Å². The molecule has 2 fully saturated rings. The number of benzene rings is 3. The Kier molecular flexibility index (Phi) is 4.71. The van der Waals surface area contributed by atoms with Gasteiger partial charge in [-0.25, -0.2) is 4.99 Å². The first-order valence-corrected chi connectivity index (χ1v) is 12.3. The Hall–Kier alpha value is -3.64. The average molecular weight is 500 g/mol. The average Bonchev–Trinajstić information content (AvgIpc) is 3.20. The van der Waals surface area contributed by atoms with Gasteiger partial charge >= 0.3 is 0 Å². The Balaban J connectivity index is 1.51. The third-order valence-electron chi connectivity index (χ3n) is 7.75. The van der Waals surface area contributed by atoms with Gasteiger partial charge in [-0.1, -0.05) is 48.0 Å². The third kappa shape index (κ3) is 2.71. The lowest BCUT2D eigenvalue weighted by atomic mass is 9.59. The summed E-state index contributed by atoms with van der Waals surface area (Å²) in [5, 5.41) is 0.554. The van der Waals surface area contributed by atoms with Gasteiger partial charge < -0.3 is 4.74 Å². The number of carbonyl (C=O) groups excluding carboxylic acids is 2. The molecule has 0 aromatic heterocycles. The van der Waals surface area contributed by atoms with Crippen molar-refractivity contribution in [3.8, 4) is 0 Å². The minimum atomic E-state index is -1.01. The van der Waals surface area contributed by atoms with E-state index in [1.807, 2.05) is 100 Å². The maximum absolute atomic E-state index is 13.6. The van der Waals surface area contributed by atoms with Gasteiger partial charge in [-0.3, -0.25) is 19.4 Å². The van der Waals surface area contributed by atoms with Crippen LogP contribution < -0.4 is 9.80 Å².